The zero-order chi connectivity index (χ0) is 19.4. The van der Waals surface area contributed by atoms with Crippen LogP contribution in [0.2, 0.25) is 0 Å². The molecule has 2 aromatic heterocycles. The molecule has 0 saturated heterocycles. The summed E-state index contributed by atoms with van der Waals surface area (Å²) >= 11 is 0. The molecule has 3 rings (SSSR count). The molecule has 0 aliphatic carbocycles. The number of carbonyl (C=O) groups excluding carboxylic acids is 2. The van der Waals surface area contributed by atoms with Gasteiger partial charge in [-0.3, -0.25) is 20.4 Å². The van der Waals surface area contributed by atoms with E-state index in [1.165, 1.54) is 12.1 Å². The Morgan fingerprint density at radius 3 is 1.78 bits per heavy atom. The highest BCUT2D eigenvalue weighted by Gasteiger charge is 2.37. The molecule has 8 heteroatoms. The number of nitrogen functional groups attached to an aromatic ring is 2. The van der Waals surface area contributed by atoms with E-state index in [-0.39, 0.29) is 11.5 Å². The molecule has 8 nitrogen and oxygen atoms in total. The first-order chi connectivity index (χ1) is 13.0. The number of hydrogen-bond acceptors (Lipinski definition) is 6. The number of hydrazine groups is 2. The fourth-order valence-corrected chi connectivity index (χ4v) is 2.95. The summed E-state index contributed by atoms with van der Waals surface area (Å²) in [6.07, 6.45) is 0.516. The highest BCUT2D eigenvalue weighted by molar-refractivity contribution is 5.91. The molecule has 2 amide bonds. The van der Waals surface area contributed by atoms with E-state index in [4.69, 9.17) is 20.5 Å². The van der Waals surface area contributed by atoms with E-state index in [2.05, 4.69) is 0 Å². The average molecular weight is 368 g/mol. The molecule has 0 aliphatic rings. The topological polar surface area (TPSA) is 137 Å². The molecule has 27 heavy (non-hydrogen) atoms. The van der Waals surface area contributed by atoms with E-state index in [9.17, 15) is 9.59 Å². The van der Waals surface area contributed by atoms with Crippen molar-refractivity contribution in [2.45, 2.75) is 18.8 Å². The fraction of sp³-hybridized carbons (Fsp3) is 0.158. The highest BCUT2D eigenvalue weighted by Crippen LogP contribution is 2.37. The number of amides is 2. The van der Waals surface area contributed by atoms with Crippen molar-refractivity contribution in [3.63, 3.8) is 0 Å². The normalized spacial score (nSPS) is 11.2. The van der Waals surface area contributed by atoms with Crippen molar-refractivity contribution in [2.75, 3.05) is 0 Å². The summed E-state index contributed by atoms with van der Waals surface area (Å²) in [5.41, 5.74) is 4.33. The van der Waals surface area contributed by atoms with Crippen LogP contribution in [-0.2, 0) is 11.8 Å². The van der Waals surface area contributed by atoms with Crippen LogP contribution >= 0.6 is 0 Å². The Bertz CT molecular complexity index is 891. The first kappa shape index (κ1) is 18.4. The molecule has 1 aromatic carbocycles. The van der Waals surface area contributed by atoms with Gasteiger partial charge in [0, 0.05) is 0 Å². The van der Waals surface area contributed by atoms with Crippen LogP contribution in [0.5, 0.6) is 0 Å². The van der Waals surface area contributed by atoms with Crippen molar-refractivity contribution in [1.82, 2.24) is 10.9 Å². The molecular formula is C19H20N4O4. The van der Waals surface area contributed by atoms with Crippen molar-refractivity contribution in [3.05, 3.63) is 83.2 Å². The maximum atomic E-state index is 11.8. The Labute approximate surface area is 155 Å². The summed E-state index contributed by atoms with van der Waals surface area (Å²) in [5, 5.41) is 0. The third-order valence-electron chi connectivity index (χ3n) is 4.41. The molecule has 0 aliphatic heterocycles. The third-order valence-corrected chi connectivity index (χ3v) is 4.41. The zero-order valence-corrected chi connectivity index (χ0v) is 14.7. The van der Waals surface area contributed by atoms with Gasteiger partial charge in [-0.05, 0) is 43.2 Å². The Hall–Kier alpha value is -3.36. The summed E-state index contributed by atoms with van der Waals surface area (Å²) in [4.78, 5) is 23.5. The summed E-state index contributed by atoms with van der Waals surface area (Å²) < 4.78 is 11.5. The average Bonchev–Trinajstić information content (AvgIpc) is 3.38. The van der Waals surface area contributed by atoms with Crippen molar-refractivity contribution in [1.29, 1.82) is 0 Å². The molecule has 0 bridgehead atoms. The lowest BCUT2D eigenvalue weighted by Crippen LogP contribution is -2.30. The first-order valence-corrected chi connectivity index (χ1v) is 8.24. The predicted molar refractivity (Wildman–Crippen MR) is 97.3 cm³/mol. The van der Waals surface area contributed by atoms with Gasteiger partial charge >= 0.3 is 11.8 Å². The smallest absolute Gasteiger partial charge is 0.300 e. The lowest BCUT2D eigenvalue weighted by atomic mass is 9.79. The van der Waals surface area contributed by atoms with E-state index in [1.54, 1.807) is 12.1 Å². The molecule has 0 radical (unpaired) electrons. The van der Waals surface area contributed by atoms with Crippen molar-refractivity contribution in [2.24, 2.45) is 11.7 Å². The minimum atomic E-state index is -0.776. The van der Waals surface area contributed by atoms with E-state index in [0.717, 1.165) is 5.56 Å². The maximum Gasteiger partial charge on any atom is 0.300 e. The van der Waals surface area contributed by atoms with Gasteiger partial charge in [0.2, 0.25) is 0 Å². The second-order valence-electron chi connectivity index (χ2n) is 6.27. The maximum absolute atomic E-state index is 11.8. The van der Waals surface area contributed by atoms with Crippen LogP contribution in [-0.4, -0.2) is 11.8 Å². The molecule has 6 N–H and O–H groups in total. The van der Waals surface area contributed by atoms with Crippen LogP contribution in [0.1, 0.15) is 45.1 Å². The van der Waals surface area contributed by atoms with Gasteiger partial charge in [0.05, 0.1) is 5.41 Å². The lowest BCUT2D eigenvalue weighted by Gasteiger charge is -2.25. The highest BCUT2D eigenvalue weighted by atomic mass is 16.4. The Morgan fingerprint density at radius 1 is 0.852 bits per heavy atom. The second-order valence-corrected chi connectivity index (χ2v) is 6.27. The van der Waals surface area contributed by atoms with Gasteiger partial charge in [0.25, 0.3) is 0 Å². The van der Waals surface area contributed by atoms with Crippen molar-refractivity contribution >= 4 is 11.8 Å². The number of hydrogen-bond donors (Lipinski definition) is 4. The van der Waals surface area contributed by atoms with Gasteiger partial charge in [-0.25, -0.2) is 11.7 Å². The number of furan rings is 2. The van der Waals surface area contributed by atoms with Gasteiger partial charge in [0.1, 0.15) is 11.5 Å². The number of nitrogens with one attached hydrogen (secondary N) is 2. The molecule has 3 aromatic rings. The van der Waals surface area contributed by atoms with Crippen LogP contribution in [0.15, 0.2) is 63.4 Å². The Balaban J connectivity index is 2.06. The summed E-state index contributed by atoms with van der Waals surface area (Å²) in [6, 6.07) is 16.2. The Morgan fingerprint density at radius 2 is 1.33 bits per heavy atom. The molecule has 0 saturated carbocycles. The number of nitrogens with two attached hydrogens (primary N) is 2. The number of benzene rings is 1. The fourth-order valence-electron chi connectivity index (χ4n) is 2.95. The molecule has 0 unspecified atom stereocenters. The first-order valence-electron chi connectivity index (χ1n) is 8.24. The number of rotatable bonds is 6. The second kappa shape index (κ2) is 7.48. The molecule has 2 heterocycles. The van der Waals surface area contributed by atoms with Gasteiger partial charge in [-0.2, -0.15) is 0 Å². The van der Waals surface area contributed by atoms with Gasteiger partial charge in [0.15, 0.2) is 11.5 Å². The molecule has 0 atom stereocenters. The minimum Gasteiger partial charge on any atom is -0.455 e. The van der Waals surface area contributed by atoms with Gasteiger partial charge in [-0.1, -0.05) is 30.3 Å². The minimum absolute atomic E-state index is 0.0817. The van der Waals surface area contributed by atoms with E-state index < -0.39 is 17.2 Å². The van der Waals surface area contributed by atoms with E-state index in [0.29, 0.717) is 17.9 Å². The number of carbonyl (C=O) groups is 2. The monoisotopic (exact) mass is 368 g/mol. The van der Waals surface area contributed by atoms with Crippen LogP contribution in [0.25, 0.3) is 0 Å². The van der Waals surface area contributed by atoms with Crippen molar-refractivity contribution < 1.29 is 18.4 Å². The van der Waals surface area contributed by atoms with Crippen molar-refractivity contribution in [3.8, 4) is 0 Å². The molecule has 0 spiro atoms. The standard InChI is InChI=1S/C19H20N4O4/c1-19(11-12-5-3-2-4-6-12,15-9-7-13(26-15)17(24)22-20)16-10-8-14(27-16)18(25)23-21/h2-10H,11,20-21H2,1H3,(H,22,24)(H,23,25). The zero-order valence-electron chi connectivity index (χ0n) is 14.7. The molecule has 0 fully saturated rings. The van der Waals surface area contributed by atoms with Gasteiger partial charge < -0.3 is 8.83 Å². The predicted octanol–water partition coefficient (Wildman–Crippen LogP) is 1.63. The lowest BCUT2D eigenvalue weighted by molar-refractivity contribution is 0.0919. The Kier molecular flexibility index (Phi) is 5.11. The SMILES string of the molecule is CC(Cc1ccccc1)(c1ccc(C(=O)NN)o1)c1ccc(C(=O)NN)o1. The summed E-state index contributed by atoms with van der Waals surface area (Å²) in [6.45, 7) is 1.91. The molecular weight excluding hydrogens is 348 g/mol. The summed E-state index contributed by atoms with van der Waals surface area (Å²) in [5.74, 6) is 10.4. The van der Waals surface area contributed by atoms with Gasteiger partial charge in [-0.15, -0.1) is 0 Å². The van der Waals surface area contributed by atoms with E-state index >= 15 is 0 Å². The van der Waals surface area contributed by atoms with Crippen LogP contribution < -0.4 is 22.5 Å². The van der Waals surface area contributed by atoms with Crippen LogP contribution in [0.4, 0.5) is 0 Å². The van der Waals surface area contributed by atoms with Crippen LogP contribution in [0.3, 0.4) is 0 Å². The van der Waals surface area contributed by atoms with E-state index in [1.807, 2.05) is 48.1 Å². The quantitative estimate of drug-likeness (QED) is 0.296. The van der Waals surface area contributed by atoms with Crippen LogP contribution in [0, 0.1) is 0 Å². The summed E-state index contributed by atoms with van der Waals surface area (Å²) in [7, 11) is 0. The molecule has 140 valence electrons. The largest absolute Gasteiger partial charge is 0.455 e. The third kappa shape index (κ3) is 3.62.